The normalized spacial score (nSPS) is 18.8. The van der Waals surface area contributed by atoms with Crippen LogP contribution >= 0.6 is 11.6 Å². The molecule has 0 aliphatic carbocycles. The Morgan fingerprint density at radius 1 is 1.53 bits per heavy atom. The molecule has 3 nitrogen and oxygen atoms in total. The zero-order valence-corrected chi connectivity index (χ0v) is 12.3. The predicted octanol–water partition coefficient (Wildman–Crippen LogP) is 2.83. The number of carbonyl (C=O) groups excluding carboxylic acids is 1. The first-order chi connectivity index (χ1) is 9.08. The summed E-state index contributed by atoms with van der Waals surface area (Å²) in [5, 5.41) is 3.99. The minimum absolute atomic E-state index is 0.0124. The maximum Gasteiger partial charge on any atom is 0.240 e. The second-order valence-corrected chi connectivity index (χ2v) is 5.78. The molecule has 0 saturated carbocycles. The molecular weight excluding hydrogens is 260 g/mol. The van der Waals surface area contributed by atoms with E-state index in [4.69, 9.17) is 11.6 Å². The van der Waals surface area contributed by atoms with Crippen LogP contribution < -0.4 is 5.32 Å². The van der Waals surface area contributed by atoms with Gasteiger partial charge in [-0.3, -0.25) is 4.79 Å². The van der Waals surface area contributed by atoms with E-state index in [2.05, 4.69) is 19.2 Å². The number of amides is 1. The lowest BCUT2D eigenvalue weighted by Gasteiger charge is -2.29. The van der Waals surface area contributed by atoms with Crippen molar-refractivity contribution in [3.63, 3.8) is 0 Å². The lowest BCUT2D eigenvalue weighted by atomic mass is 10.1. The highest BCUT2D eigenvalue weighted by Crippen LogP contribution is 2.17. The molecule has 1 aliphatic heterocycles. The standard InChI is InChI=1S/C15H21ClN2O/c1-11(2)18(15(19)14-7-4-8-17-14)10-12-5-3-6-13(16)9-12/h3,5-6,9,11,14,17H,4,7-8,10H2,1-2H3. The first-order valence-electron chi connectivity index (χ1n) is 6.86. The minimum Gasteiger partial charge on any atom is -0.335 e. The average Bonchev–Trinajstić information content (AvgIpc) is 2.88. The third-order valence-electron chi connectivity index (χ3n) is 3.51. The maximum absolute atomic E-state index is 12.5. The average molecular weight is 281 g/mol. The Labute approximate surface area is 119 Å². The Kier molecular flexibility index (Phi) is 4.83. The topological polar surface area (TPSA) is 32.3 Å². The number of benzene rings is 1. The van der Waals surface area contributed by atoms with Crippen LogP contribution in [0.3, 0.4) is 0 Å². The van der Waals surface area contributed by atoms with Gasteiger partial charge in [-0.2, -0.15) is 0 Å². The van der Waals surface area contributed by atoms with Crippen LogP contribution in [0, 0.1) is 0 Å². The third-order valence-corrected chi connectivity index (χ3v) is 3.74. The van der Waals surface area contributed by atoms with Crippen molar-refractivity contribution >= 4 is 17.5 Å². The molecular formula is C15H21ClN2O. The van der Waals surface area contributed by atoms with Crippen molar-refractivity contribution in [1.29, 1.82) is 0 Å². The van der Waals surface area contributed by atoms with Crippen LogP contribution in [-0.4, -0.2) is 29.4 Å². The minimum atomic E-state index is -0.0124. The fourth-order valence-electron chi connectivity index (χ4n) is 2.44. The molecule has 4 heteroatoms. The maximum atomic E-state index is 12.5. The molecule has 1 aromatic carbocycles. The van der Waals surface area contributed by atoms with Crippen molar-refractivity contribution < 1.29 is 4.79 Å². The first kappa shape index (κ1) is 14.4. The summed E-state index contributed by atoms with van der Waals surface area (Å²) >= 11 is 6.00. The fraction of sp³-hybridized carbons (Fsp3) is 0.533. The zero-order valence-electron chi connectivity index (χ0n) is 11.5. The summed E-state index contributed by atoms with van der Waals surface area (Å²) in [6, 6.07) is 7.89. The van der Waals surface area contributed by atoms with E-state index in [0.717, 1.165) is 24.9 Å². The van der Waals surface area contributed by atoms with Gasteiger partial charge in [-0.25, -0.2) is 0 Å². The Bertz CT molecular complexity index is 442. The van der Waals surface area contributed by atoms with E-state index >= 15 is 0 Å². The molecule has 1 heterocycles. The number of nitrogens with zero attached hydrogens (tertiary/aromatic N) is 1. The molecule has 1 unspecified atom stereocenters. The largest absolute Gasteiger partial charge is 0.335 e. The number of hydrogen-bond acceptors (Lipinski definition) is 2. The number of hydrogen-bond donors (Lipinski definition) is 1. The second kappa shape index (κ2) is 6.40. The monoisotopic (exact) mass is 280 g/mol. The van der Waals surface area contributed by atoms with Gasteiger partial charge in [0.05, 0.1) is 6.04 Å². The van der Waals surface area contributed by atoms with Gasteiger partial charge < -0.3 is 10.2 Å². The lowest BCUT2D eigenvalue weighted by Crippen LogP contribution is -2.46. The molecule has 1 N–H and O–H groups in total. The van der Waals surface area contributed by atoms with E-state index in [1.54, 1.807) is 0 Å². The second-order valence-electron chi connectivity index (χ2n) is 5.34. The van der Waals surface area contributed by atoms with Gasteiger partial charge in [-0.05, 0) is 50.9 Å². The SMILES string of the molecule is CC(C)N(Cc1cccc(Cl)c1)C(=O)C1CCCN1. The van der Waals surface area contributed by atoms with Gasteiger partial charge in [0.2, 0.25) is 5.91 Å². The van der Waals surface area contributed by atoms with Crippen LogP contribution in [0.15, 0.2) is 24.3 Å². The zero-order chi connectivity index (χ0) is 13.8. The highest BCUT2D eigenvalue weighted by Gasteiger charge is 2.28. The van der Waals surface area contributed by atoms with Crippen LogP contribution in [-0.2, 0) is 11.3 Å². The van der Waals surface area contributed by atoms with Gasteiger partial charge in [0.15, 0.2) is 0 Å². The van der Waals surface area contributed by atoms with Crippen LogP contribution in [0.1, 0.15) is 32.3 Å². The Hall–Kier alpha value is -1.06. The Morgan fingerprint density at radius 3 is 2.89 bits per heavy atom. The van der Waals surface area contributed by atoms with Crippen molar-refractivity contribution in [3.05, 3.63) is 34.9 Å². The van der Waals surface area contributed by atoms with E-state index in [1.807, 2.05) is 29.2 Å². The highest BCUT2D eigenvalue weighted by molar-refractivity contribution is 6.30. The summed E-state index contributed by atoms with van der Waals surface area (Å²) in [5.74, 6) is 0.201. The van der Waals surface area contributed by atoms with Crippen molar-refractivity contribution in [2.75, 3.05) is 6.54 Å². The van der Waals surface area contributed by atoms with Crippen molar-refractivity contribution in [3.8, 4) is 0 Å². The van der Waals surface area contributed by atoms with Gasteiger partial charge in [-0.15, -0.1) is 0 Å². The van der Waals surface area contributed by atoms with Crippen LogP contribution in [0.25, 0.3) is 0 Å². The molecule has 1 fully saturated rings. The summed E-state index contributed by atoms with van der Waals surface area (Å²) < 4.78 is 0. The number of nitrogens with one attached hydrogen (secondary N) is 1. The Balaban J connectivity index is 2.09. The quantitative estimate of drug-likeness (QED) is 0.920. The molecule has 0 radical (unpaired) electrons. The number of halogens is 1. The highest BCUT2D eigenvalue weighted by atomic mass is 35.5. The van der Waals surface area contributed by atoms with E-state index in [1.165, 1.54) is 0 Å². The smallest absolute Gasteiger partial charge is 0.240 e. The molecule has 1 aliphatic rings. The van der Waals surface area contributed by atoms with Gasteiger partial charge in [-0.1, -0.05) is 23.7 Å². The first-order valence-corrected chi connectivity index (χ1v) is 7.24. The van der Waals surface area contributed by atoms with Gasteiger partial charge in [0.25, 0.3) is 0 Å². The Morgan fingerprint density at radius 2 is 2.32 bits per heavy atom. The van der Waals surface area contributed by atoms with Crippen LogP contribution in [0.5, 0.6) is 0 Å². The lowest BCUT2D eigenvalue weighted by molar-refractivity contribution is -0.135. The van der Waals surface area contributed by atoms with E-state index < -0.39 is 0 Å². The molecule has 1 saturated heterocycles. The molecule has 1 amide bonds. The van der Waals surface area contributed by atoms with E-state index in [9.17, 15) is 4.79 Å². The van der Waals surface area contributed by atoms with Crippen LogP contribution in [0.4, 0.5) is 0 Å². The van der Waals surface area contributed by atoms with Gasteiger partial charge in [0, 0.05) is 17.6 Å². The van der Waals surface area contributed by atoms with Crippen molar-refractivity contribution in [2.24, 2.45) is 0 Å². The van der Waals surface area contributed by atoms with Crippen molar-refractivity contribution in [1.82, 2.24) is 10.2 Å². The van der Waals surface area contributed by atoms with E-state index in [-0.39, 0.29) is 18.0 Å². The molecule has 104 valence electrons. The fourth-order valence-corrected chi connectivity index (χ4v) is 2.66. The summed E-state index contributed by atoms with van der Waals surface area (Å²) in [5.41, 5.74) is 1.08. The molecule has 0 aromatic heterocycles. The summed E-state index contributed by atoms with van der Waals surface area (Å²) in [4.78, 5) is 14.4. The summed E-state index contributed by atoms with van der Waals surface area (Å²) in [7, 11) is 0. The molecule has 1 atom stereocenters. The number of carbonyl (C=O) groups is 1. The summed E-state index contributed by atoms with van der Waals surface area (Å²) in [6.07, 6.45) is 2.02. The van der Waals surface area contributed by atoms with Gasteiger partial charge >= 0.3 is 0 Å². The van der Waals surface area contributed by atoms with Crippen LogP contribution in [0.2, 0.25) is 5.02 Å². The predicted molar refractivity (Wildman–Crippen MR) is 78.2 cm³/mol. The van der Waals surface area contributed by atoms with Gasteiger partial charge in [0.1, 0.15) is 0 Å². The third kappa shape index (κ3) is 3.71. The summed E-state index contributed by atoms with van der Waals surface area (Å²) in [6.45, 7) is 5.67. The molecule has 2 rings (SSSR count). The van der Waals surface area contributed by atoms with E-state index in [0.29, 0.717) is 11.6 Å². The molecule has 0 bridgehead atoms. The molecule has 19 heavy (non-hydrogen) atoms. The van der Waals surface area contributed by atoms with Crippen molar-refractivity contribution in [2.45, 2.75) is 45.3 Å². The molecule has 0 spiro atoms. The number of rotatable bonds is 4. The molecule has 1 aromatic rings.